The molecule has 0 bridgehead atoms. The van der Waals surface area contributed by atoms with Gasteiger partial charge in [0.15, 0.2) is 0 Å². The number of anilines is 1. The van der Waals surface area contributed by atoms with Crippen molar-refractivity contribution in [3.8, 4) is 5.75 Å². The molecule has 0 atom stereocenters. The van der Waals surface area contributed by atoms with Gasteiger partial charge in [-0.1, -0.05) is 39.7 Å². The lowest BCUT2D eigenvalue weighted by Crippen LogP contribution is -2.33. The number of halogens is 2. The Morgan fingerprint density at radius 1 is 1.24 bits per heavy atom. The second kappa shape index (κ2) is 10.8. The predicted molar refractivity (Wildman–Crippen MR) is 120 cm³/mol. The molecule has 0 fully saturated rings. The molecule has 0 aliphatic carbocycles. The van der Waals surface area contributed by atoms with Crippen LogP contribution >= 0.6 is 27.5 Å². The highest BCUT2D eigenvalue weighted by atomic mass is 79.9. The molecule has 158 valence electrons. The van der Waals surface area contributed by atoms with Gasteiger partial charge in [0.1, 0.15) is 12.4 Å². The van der Waals surface area contributed by atoms with Crippen LogP contribution in [0, 0.1) is 6.92 Å². The summed E-state index contributed by atoms with van der Waals surface area (Å²) in [6.45, 7) is 2.75. The van der Waals surface area contributed by atoms with Crippen molar-refractivity contribution in [3.63, 3.8) is 0 Å². The number of nitrogens with zero attached hydrogens (tertiary/aromatic N) is 1. The number of ether oxygens (including phenoxy) is 1. The first kappa shape index (κ1) is 23.5. The third-order valence-corrected chi connectivity index (χ3v) is 6.51. The Bertz CT molecular complexity index is 953. The van der Waals surface area contributed by atoms with Gasteiger partial charge in [-0.05, 0) is 49.2 Å². The van der Waals surface area contributed by atoms with Crippen LogP contribution in [0.4, 0.5) is 5.69 Å². The Balaban J connectivity index is 1.79. The fourth-order valence-electron chi connectivity index (χ4n) is 2.66. The Kier molecular flexibility index (Phi) is 8.79. The number of nitrogens with one attached hydrogen (secondary N) is 1. The van der Waals surface area contributed by atoms with Crippen molar-refractivity contribution in [1.29, 1.82) is 0 Å². The fourth-order valence-corrected chi connectivity index (χ4v) is 4.05. The van der Waals surface area contributed by atoms with Gasteiger partial charge in [0, 0.05) is 17.4 Å². The highest BCUT2D eigenvalue weighted by Gasteiger charge is 2.18. The van der Waals surface area contributed by atoms with E-state index in [1.807, 2.05) is 25.1 Å². The number of carbonyl (C=O) groups excluding carboxylic acids is 1. The standard InChI is InChI=1S/C20H24BrClN2O4S/c1-15-14-16(9-10-17(15)21)24(29(2,26)27)12-5-8-20(25)23-11-13-28-19-7-4-3-6-18(19)22/h3-4,6-7,9-10,14H,5,8,11-13H2,1-2H3,(H,23,25). The first-order chi connectivity index (χ1) is 13.7. The molecule has 0 aliphatic rings. The summed E-state index contributed by atoms with van der Waals surface area (Å²) in [4.78, 5) is 12.0. The predicted octanol–water partition coefficient (Wildman–Crippen LogP) is 4.15. The zero-order valence-corrected chi connectivity index (χ0v) is 19.5. The van der Waals surface area contributed by atoms with Crippen molar-refractivity contribution in [3.05, 3.63) is 57.5 Å². The number of carbonyl (C=O) groups is 1. The van der Waals surface area contributed by atoms with E-state index in [1.54, 1.807) is 24.3 Å². The molecule has 29 heavy (non-hydrogen) atoms. The third kappa shape index (κ3) is 7.53. The minimum atomic E-state index is -3.45. The highest BCUT2D eigenvalue weighted by Crippen LogP contribution is 2.25. The minimum absolute atomic E-state index is 0.159. The van der Waals surface area contributed by atoms with Crippen LogP contribution in [-0.2, 0) is 14.8 Å². The van der Waals surface area contributed by atoms with Gasteiger partial charge < -0.3 is 10.1 Å². The molecule has 2 aromatic rings. The van der Waals surface area contributed by atoms with Gasteiger partial charge in [-0.2, -0.15) is 0 Å². The lowest BCUT2D eigenvalue weighted by Gasteiger charge is -2.23. The van der Waals surface area contributed by atoms with Crippen molar-refractivity contribution in [2.45, 2.75) is 19.8 Å². The second-order valence-electron chi connectivity index (χ2n) is 6.50. The maximum Gasteiger partial charge on any atom is 0.232 e. The van der Waals surface area contributed by atoms with Crippen molar-refractivity contribution >= 4 is 49.1 Å². The maximum atomic E-state index is 12.2. The number of sulfonamides is 1. The van der Waals surface area contributed by atoms with Crippen molar-refractivity contribution in [2.24, 2.45) is 0 Å². The SMILES string of the molecule is Cc1cc(N(CCCC(=O)NCCOc2ccccc2Cl)S(C)(=O)=O)ccc1Br. The van der Waals surface area contributed by atoms with E-state index in [2.05, 4.69) is 21.2 Å². The maximum absolute atomic E-state index is 12.2. The molecule has 0 heterocycles. The Morgan fingerprint density at radius 2 is 1.97 bits per heavy atom. The van der Waals surface area contributed by atoms with E-state index in [0.717, 1.165) is 16.3 Å². The molecule has 0 aromatic heterocycles. The van der Waals surface area contributed by atoms with Crippen molar-refractivity contribution < 1.29 is 17.9 Å². The average Bonchev–Trinajstić information content (AvgIpc) is 2.65. The van der Waals surface area contributed by atoms with Gasteiger partial charge in [0.05, 0.1) is 23.5 Å². The van der Waals surface area contributed by atoms with Crippen LogP contribution in [0.25, 0.3) is 0 Å². The van der Waals surface area contributed by atoms with Gasteiger partial charge in [0.25, 0.3) is 0 Å². The number of amides is 1. The van der Waals surface area contributed by atoms with Crippen LogP contribution in [0.1, 0.15) is 18.4 Å². The average molecular weight is 504 g/mol. The molecule has 1 amide bonds. The molecule has 6 nitrogen and oxygen atoms in total. The number of aryl methyl sites for hydroxylation is 1. The van der Waals surface area contributed by atoms with E-state index in [-0.39, 0.29) is 18.9 Å². The van der Waals surface area contributed by atoms with Crippen LogP contribution in [0.3, 0.4) is 0 Å². The number of rotatable bonds is 10. The molecule has 0 unspecified atom stereocenters. The Labute approximate surface area is 185 Å². The van der Waals surface area contributed by atoms with E-state index in [1.165, 1.54) is 4.31 Å². The van der Waals surface area contributed by atoms with Crippen LogP contribution in [-0.4, -0.2) is 40.3 Å². The summed E-state index contributed by atoms with van der Waals surface area (Å²) in [6.07, 6.45) is 1.78. The van der Waals surface area contributed by atoms with Gasteiger partial charge in [0.2, 0.25) is 15.9 Å². The molecule has 0 spiro atoms. The molecular weight excluding hydrogens is 480 g/mol. The fraction of sp³-hybridized carbons (Fsp3) is 0.350. The van der Waals surface area contributed by atoms with Gasteiger partial charge in [-0.3, -0.25) is 9.10 Å². The summed E-state index contributed by atoms with van der Waals surface area (Å²) in [5, 5.41) is 3.28. The lowest BCUT2D eigenvalue weighted by atomic mass is 10.2. The number of benzene rings is 2. The minimum Gasteiger partial charge on any atom is -0.490 e. The molecule has 9 heteroatoms. The zero-order chi connectivity index (χ0) is 21.4. The van der Waals surface area contributed by atoms with E-state index >= 15 is 0 Å². The Hall–Kier alpha value is -1.77. The number of hydrogen-bond donors (Lipinski definition) is 1. The molecule has 0 aliphatic heterocycles. The second-order valence-corrected chi connectivity index (χ2v) is 9.67. The van der Waals surface area contributed by atoms with Crippen LogP contribution in [0.5, 0.6) is 5.75 Å². The van der Waals surface area contributed by atoms with Crippen LogP contribution in [0.15, 0.2) is 46.9 Å². The summed E-state index contributed by atoms with van der Waals surface area (Å²) < 4.78 is 32.1. The lowest BCUT2D eigenvalue weighted by molar-refractivity contribution is -0.121. The quantitative estimate of drug-likeness (QED) is 0.494. The van der Waals surface area contributed by atoms with Gasteiger partial charge in [-0.15, -0.1) is 0 Å². The Morgan fingerprint density at radius 3 is 2.62 bits per heavy atom. The van der Waals surface area contributed by atoms with E-state index < -0.39 is 10.0 Å². The van der Waals surface area contributed by atoms with Crippen molar-refractivity contribution in [2.75, 3.05) is 30.3 Å². The molecule has 0 saturated heterocycles. The summed E-state index contributed by atoms with van der Waals surface area (Å²) >= 11 is 9.41. The molecule has 1 N–H and O–H groups in total. The van der Waals surface area contributed by atoms with Crippen LogP contribution < -0.4 is 14.4 Å². The summed E-state index contributed by atoms with van der Waals surface area (Å²) in [6, 6.07) is 12.5. The summed E-state index contributed by atoms with van der Waals surface area (Å²) in [5.74, 6) is 0.408. The van der Waals surface area contributed by atoms with Crippen molar-refractivity contribution in [1.82, 2.24) is 5.32 Å². The molecular formula is C20H24BrClN2O4S. The van der Waals surface area contributed by atoms with Crippen LogP contribution in [0.2, 0.25) is 5.02 Å². The van der Waals surface area contributed by atoms with E-state index in [4.69, 9.17) is 16.3 Å². The van der Waals surface area contributed by atoms with Gasteiger partial charge in [-0.25, -0.2) is 8.42 Å². The monoisotopic (exact) mass is 502 g/mol. The smallest absolute Gasteiger partial charge is 0.232 e. The molecule has 0 radical (unpaired) electrons. The number of hydrogen-bond acceptors (Lipinski definition) is 4. The van der Waals surface area contributed by atoms with E-state index in [9.17, 15) is 13.2 Å². The van der Waals surface area contributed by atoms with Gasteiger partial charge >= 0.3 is 0 Å². The first-order valence-electron chi connectivity index (χ1n) is 9.06. The molecule has 2 rings (SSSR count). The third-order valence-electron chi connectivity index (χ3n) is 4.11. The summed E-state index contributed by atoms with van der Waals surface area (Å²) in [7, 11) is -3.45. The summed E-state index contributed by atoms with van der Waals surface area (Å²) in [5.41, 5.74) is 1.52. The zero-order valence-electron chi connectivity index (χ0n) is 16.3. The highest BCUT2D eigenvalue weighted by molar-refractivity contribution is 9.10. The normalized spacial score (nSPS) is 11.2. The largest absolute Gasteiger partial charge is 0.490 e. The molecule has 0 saturated carbocycles. The molecule has 2 aromatic carbocycles. The number of para-hydroxylation sites is 1. The van der Waals surface area contributed by atoms with E-state index in [0.29, 0.717) is 36.0 Å². The topological polar surface area (TPSA) is 75.7 Å². The first-order valence-corrected chi connectivity index (χ1v) is 12.1.